The number of carbonyl (C=O) groups is 6. The first-order chi connectivity index (χ1) is 39.3. The fourth-order valence-electron chi connectivity index (χ4n) is 10.2. The van der Waals surface area contributed by atoms with E-state index in [4.69, 9.17) is 16.6 Å². The number of likely N-dealkylation sites (tertiary alicyclic amines) is 1. The number of aliphatic hydroxyl groups is 2. The van der Waals surface area contributed by atoms with Crippen LogP contribution in [0.4, 0.5) is 8.78 Å². The monoisotopic (exact) mass is 1270 g/mol. The van der Waals surface area contributed by atoms with Crippen LogP contribution < -0.4 is 16.8 Å². The van der Waals surface area contributed by atoms with E-state index in [1.54, 1.807) is 6.07 Å². The maximum atomic E-state index is 14.5. The Morgan fingerprint density at radius 1 is 0.682 bits per heavy atom. The van der Waals surface area contributed by atoms with Crippen LogP contribution in [0.2, 0.25) is 0 Å². The molecule has 2 aliphatic carbocycles. The molecule has 2 aromatic carbocycles. The summed E-state index contributed by atoms with van der Waals surface area (Å²) in [4.78, 5) is 83.2. The van der Waals surface area contributed by atoms with Gasteiger partial charge in [-0.2, -0.15) is 13.5 Å². The first-order valence-electron chi connectivity index (χ1n) is 26.5. The third kappa shape index (κ3) is 18.0. The number of nitrogens with two attached hydrogens (primary N) is 2. The molecule has 3 amide bonds. The van der Waals surface area contributed by atoms with Crippen molar-refractivity contribution in [3.8, 4) is 0 Å². The summed E-state index contributed by atoms with van der Waals surface area (Å²) in [5.74, 6) is -5.43. The minimum Gasteiger partial charge on any atom is -0.480 e. The molecule has 0 bridgehead atoms. The number of amides is 3. The number of aliphatic hydroxyl groups excluding tert-OH is 2. The lowest BCUT2D eigenvalue weighted by atomic mass is 10.0. The first-order valence-corrected chi connectivity index (χ1v) is 31.3. The molecule has 0 radical (unpaired) electrons. The standard InChI is InChI=1S/C28H31FN4O6S.C16H16N2O6S.C12H17FN2O.CH4.S2.H2S/c1-16-3-2-4-19(31-16)11-25(34)24-10-18(29)12-33(24)27(36)14-32-13-22(28(30)37)21-9-17(5-8-23(21)32)26(35)15-40(38,39)20-6-7-20;17-16(22)12-6-18(7-15(20)21)13-4-1-9(5-11(12)13)14(19)8-25(23,24)10-2-3-10;1-8-3-2-4-10(15-8)6-12(16)11-5-9(13)7-14-11;;1-2;/h2-5,8-9,13,18,20,24-25,34H,6-7,10-12,14-15H2,1H3,(H2,30,37);1,4-6,10H,2-3,7-8H2,(H2,17,22)(H,20,21);2-4,9,11-12,14,16H,5-7H2,1H3;1H4;;1H2/t18-,24+,25?;;9-,11+,12?;;;/m1.1.../s1. The van der Waals surface area contributed by atoms with Gasteiger partial charge >= 0.3 is 5.97 Å². The fraction of sp³-hybridized carbons (Fsp3) is 0.439. The number of pyridine rings is 2. The van der Waals surface area contributed by atoms with E-state index in [0.29, 0.717) is 72.6 Å². The number of benzene rings is 2. The van der Waals surface area contributed by atoms with Crippen LogP contribution >= 0.6 is 13.5 Å². The number of nitrogens with one attached hydrogen (secondary N) is 1. The highest BCUT2D eigenvalue weighted by Gasteiger charge is 2.41. The maximum absolute atomic E-state index is 14.5. The van der Waals surface area contributed by atoms with E-state index in [1.165, 1.54) is 62.8 Å². The van der Waals surface area contributed by atoms with Gasteiger partial charge in [-0.15, -0.1) is 0 Å². The molecular formula is C57H70F2N8O13S5. The SMILES string of the molecule is C.Cc1cccc(CC(O)[C@@H]2C[C@@H](F)CN2)n1.Cc1cccc(CC(O)[C@@H]2C[C@@H](F)CN2C(=O)Cn2cc(C(N)=O)c3cc(C(=O)CS(=O)(=O)C4CC4)ccc32)n1.NC(=O)c1cn(CC(=O)O)c2ccc(C(=O)CS(=O)(=O)C3CC3)cc12.S.S=S. The summed E-state index contributed by atoms with van der Waals surface area (Å²) in [6.45, 7) is 3.30. The van der Waals surface area contributed by atoms with E-state index in [2.05, 4.69) is 37.7 Å². The van der Waals surface area contributed by atoms with Crippen molar-refractivity contribution in [2.75, 3.05) is 24.6 Å². The number of primary amides is 2. The van der Waals surface area contributed by atoms with Gasteiger partial charge in [-0.1, -0.05) is 19.6 Å². The predicted octanol–water partition coefficient (Wildman–Crippen LogP) is 4.07. The molecule has 4 aliphatic rings. The number of aryl methyl sites for hydroxylation is 2. The number of carboxylic acids is 1. The molecule has 0 spiro atoms. The normalized spacial score (nSPS) is 18.9. The highest BCUT2D eigenvalue weighted by molar-refractivity contribution is 8.07. The van der Waals surface area contributed by atoms with Gasteiger partial charge in [0.05, 0.1) is 46.4 Å². The molecule has 6 atom stereocenters. The number of hydrogen-bond acceptors (Lipinski definition) is 17. The highest BCUT2D eigenvalue weighted by Crippen LogP contribution is 2.32. The molecule has 21 nitrogen and oxygen atoms in total. The van der Waals surface area contributed by atoms with Gasteiger partial charge in [-0.05, 0) is 107 Å². The molecule has 2 unspecified atom stereocenters. The van der Waals surface area contributed by atoms with Crippen LogP contribution in [-0.4, -0.2) is 163 Å². The van der Waals surface area contributed by atoms with Gasteiger partial charge in [-0.25, -0.2) is 25.6 Å². The van der Waals surface area contributed by atoms with Crippen molar-refractivity contribution < 1.29 is 69.7 Å². The van der Waals surface area contributed by atoms with Crippen LogP contribution in [0.3, 0.4) is 0 Å². The average molecular weight is 1270 g/mol. The van der Waals surface area contributed by atoms with Crippen molar-refractivity contribution in [1.82, 2.24) is 29.3 Å². The molecule has 4 fully saturated rings. The number of rotatable bonds is 20. The molecule has 2 aliphatic heterocycles. The van der Waals surface area contributed by atoms with Crippen LogP contribution in [-0.2, 0) is 77.6 Å². The van der Waals surface area contributed by atoms with Crippen molar-refractivity contribution in [3.05, 3.63) is 130 Å². The summed E-state index contributed by atoms with van der Waals surface area (Å²) >= 11 is 7.33. The van der Waals surface area contributed by atoms with E-state index in [0.717, 1.165) is 17.1 Å². The Kier molecular flexibility index (Phi) is 24.2. The quantitative estimate of drug-likeness (QED) is 0.0587. The zero-order chi connectivity index (χ0) is 60.7. The second-order valence-corrected chi connectivity index (χ2v) is 25.7. The van der Waals surface area contributed by atoms with Crippen LogP contribution in [0.25, 0.3) is 21.8 Å². The third-order valence-electron chi connectivity index (χ3n) is 14.6. The van der Waals surface area contributed by atoms with E-state index < -0.39 is 108 Å². The van der Waals surface area contributed by atoms with Crippen molar-refractivity contribution in [2.45, 2.75) is 133 Å². The van der Waals surface area contributed by atoms with Gasteiger partial charge < -0.3 is 46.1 Å². The van der Waals surface area contributed by atoms with Gasteiger partial charge in [-0.3, -0.25) is 38.7 Å². The van der Waals surface area contributed by atoms with Crippen LogP contribution in [0, 0.1) is 13.8 Å². The Morgan fingerprint density at radius 3 is 1.53 bits per heavy atom. The Morgan fingerprint density at radius 2 is 1.13 bits per heavy atom. The number of halogens is 2. The summed E-state index contributed by atoms with van der Waals surface area (Å²) in [6.07, 6.45) is 2.30. The molecule has 2 saturated carbocycles. The average Bonchev–Trinajstić information content (AvgIpc) is 2.67. The molecule has 4 aromatic heterocycles. The number of aliphatic carboxylic acids is 1. The zero-order valence-corrected chi connectivity index (χ0v) is 50.1. The first kappa shape index (κ1) is 69.2. The second kappa shape index (κ2) is 29.7. The largest absolute Gasteiger partial charge is 0.480 e. The van der Waals surface area contributed by atoms with E-state index >= 15 is 0 Å². The third-order valence-corrected chi connectivity index (χ3v) is 18.9. The number of Topliss-reactive ketones (excluding diaryl/α,β-unsaturated/α-hetero) is 2. The Hall–Kier alpha value is -6.53. The van der Waals surface area contributed by atoms with Crippen molar-refractivity contribution in [1.29, 1.82) is 0 Å². The molecule has 460 valence electrons. The van der Waals surface area contributed by atoms with E-state index in [-0.39, 0.29) is 81.7 Å². The zero-order valence-electron chi connectivity index (χ0n) is 45.8. The molecular weight excluding hydrogens is 1200 g/mol. The Balaban J connectivity index is 0.000000250. The lowest BCUT2D eigenvalue weighted by molar-refractivity contribution is -0.137. The lowest BCUT2D eigenvalue weighted by Crippen LogP contribution is -2.45. The molecule has 2 saturated heterocycles. The summed E-state index contributed by atoms with van der Waals surface area (Å²) in [6, 6.07) is 18.9. The van der Waals surface area contributed by atoms with Crippen LogP contribution in [0.1, 0.15) is 110 Å². The minimum atomic E-state index is -3.53. The van der Waals surface area contributed by atoms with Crippen molar-refractivity contribution >= 4 is 113 Å². The Bertz CT molecular complexity index is 3670. The number of fused-ring (bicyclic) bond motifs is 2. The minimum absolute atomic E-state index is 0. The number of carboxylic acid groups (broad SMARTS) is 1. The smallest absolute Gasteiger partial charge is 0.323 e. The number of carbonyl (C=O) groups excluding carboxylic acids is 5. The Labute approximate surface area is 507 Å². The van der Waals surface area contributed by atoms with Gasteiger partial charge in [0.15, 0.2) is 31.2 Å². The molecule has 6 aromatic rings. The molecule has 6 heterocycles. The fourth-order valence-corrected chi connectivity index (χ4v) is 13.5. The second-order valence-electron chi connectivity index (χ2n) is 21.2. The van der Waals surface area contributed by atoms with E-state index in [9.17, 15) is 64.6 Å². The topological polar surface area (TPSA) is 334 Å². The number of aromatic nitrogens is 4. The van der Waals surface area contributed by atoms with Crippen LogP contribution in [0.15, 0.2) is 85.2 Å². The summed E-state index contributed by atoms with van der Waals surface area (Å²) in [7, 11) is -6.97. The van der Waals surface area contributed by atoms with Gasteiger partial charge in [0.2, 0.25) is 5.91 Å². The van der Waals surface area contributed by atoms with Gasteiger partial charge in [0, 0.05) is 122 Å². The number of hydrogen-bond donors (Lipinski definition) is 6. The lowest BCUT2D eigenvalue weighted by Gasteiger charge is -2.28. The van der Waals surface area contributed by atoms with Crippen LogP contribution in [0.5, 0.6) is 0 Å². The number of nitrogens with zero attached hydrogens (tertiary/aromatic N) is 5. The molecule has 8 N–H and O–H groups in total. The molecule has 85 heavy (non-hydrogen) atoms. The van der Waals surface area contributed by atoms with Crippen molar-refractivity contribution in [2.24, 2.45) is 11.5 Å². The predicted molar refractivity (Wildman–Crippen MR) is 326 cm³/mol. The summed E-state index contributed by atoms with van der Waals surface area (Å²) in [5, 5.41) is 32.5. The van der Waals surface area contributed by atoms with Gasteiger partial charge in [0.25, 0.3) is 11.8 Å². The number of sulfone groups is 2. The molecule has 10 rings (SSSR count). The number of ketones is 2. The summed E-state index contributed by atoms with van der Waals surface area (Å²) < 4.78 is 78.8. The van der Waals surface area contributed by atoms with E-state index in [1.807, 2.05) is 44.2 Å². The highest BCUT2D eigenvalue weighted by atomic mass is 32.8. The number of alkyl halides is 2. The van der Waals surface area contributed by atoms with Crippen molar-refractivity contribution in [3.63, 3.8) is 0 Å². The molecule has 28 heteroatoms. The van der Waals surface area contributed by atoms with Gasteiger partial charge in [0.1, 0.15) is 36.9 Å². The summed E-state index contributed by atoms with van der Waals surface area (Å²) in [5.41, 5.74) is 15.4. The maximum Gasteiger partial charge on any atom is 0.323 e.